The molecule has 0 saturated carbocycles. The zero-order valence-electron chi connectivity index (χ0n) is 11.7. The van der Waals surface area contributed by atoms with Crippen molar-refractivity contribution >= 4 is 65.8 Å². The second-order valence-electron chi connectivity index (χ2n) is 4.59. The van der Waals surface area contributed by atoms with Crippen LogP contribution in [0.2, 0.25) is 0 Å². The normalized spacial score (nSPS) is 10.6. The maximum absolute atomic E-state index is 12.3. The highest BCUT2D eigenvalue weighted by Gasteiger charge is 2.16. The van der Waals surface area contributed by atoms with Gasteiger partial charge < -0.3 is 0 Å². The minimum Gasteiger partial charge on any atom is -0.267 e. The number of amides is 2. The monoisotopic (exact) mass is 470 g/mol. The van der Waals surface area contributed by atoms with Crippen LogP contribution in [-0.4, -0.2) is 22.0 Å². The van der Waals surface area contributed by atoms with Crippen LogP contribution in [0, 0.1) is 0 Å². The summed E-state index contributed by atoms with van der Waals surface area (Å²) in [6, 6.07) is 8.21. The fourth-order valence-corrected chi connectivity index (χ4v) is 3.91. The first-order valence-electron chi connectivity index (χ1n) is 6.50. The van der Waals surface area contributed by atoms with E-state index in [1.807, 2.05) is 0 Å². The summed E-state index contributed by atoms with van der Waals surface area (Å²) in [5.74, 6) is -1.10. The Bertz CT molecular complexity index is 995. The van der Waals surface area contributed by atoms with Crippen LogP contribution in [0.15, 0.2) is 43.4 Å². The number of benzene rings is 1. The number of aromatic nitrogens is 2. The van der Waals surface area contributed by atoms with Gasteiger partial charge in [0.15, 0.2) is 5.69 Å². The topological polar surface area (TPSA) is 104 Å². The zero-order chi connectivity index (χ0) is 17.3. The molecule has 2 aromatic heterocycles. The number of fused-ring (bicyclic) bond motifs is 1. The number of hydrogen-bond donors (Lipinski definition) is 3. The summed E-state index contributed by atoms with van der Waals surface area (Å²) >= 11 is 7.80. The zero-order valence-corrected chi connectivity index (χ0v) is 15.7. The van der Waals surface area contributed by atoms with E-state index in [1.54, 1.807) is 30.3 Å². The third-order valence-corrected chi connectivity index (χ3v) is 6.32. The standard InChI is InChI=1S/C14H8Br2N4O3S/c15-8-5-9(24-11(8)16)13(22)19-20-14(23)10-6-3-1-2-4-7(6)12(21)18-17-10/h1-5H,(H,18,21)(H,19,22)(H,20,23). The fraction of sp³-hybridized carbons (Fsp3) is 0. The largest absolute Gasteiger partial charge is 0.290 e. The van der Waals surface area contributed by atoms with Crippen molar-refractivity contribution in [3.8, 4) is 0 Å². The highest BCUT2D eigenvalue weighted by Crippen LogP contribution is 2.32. The quantitative estimate of drug-likeness (QED) is 0.499. The minimum absolute atomic E-state index is 0.0130. The van der Waals surface area contributed by atoms with Crippen molar-refractivity contribution in [2.24, 2.45) is 0 Å². The average molecular weight is 472 g/mol. The Morgan fingerprint density at radius 1 is 1.08 bits per heavy atom. The molecule has 0 radical (unpaired) electrons. The van der Waals surface area contributed by atoms with Gasteiger partial charge in [-0.25, -0.2) is 5.10 Å². The molecule has 0 aliphatic rings. The molecule has 0 unspecified atom stereocenters. The molecular formula is C14H8Br2N4O3S. The molecule has 0 bridgehead atoms. The van der Waals surface area contributed by atoms with Crippen LogP contribution in [0.25, 0.3) is 10.8 Å². The van der Waals surface area contributed by atoms with Crippen molar-refractivity contribution in [1.82, 2.24) is 21.0 Å². The molecule has 0 atom stereocenters. The highest BCUT2D eigenvalue weighted by molar-refractivity contribution is 9.13. The summed E-state index contributed by atoms with van der Waals surface area (Å²) in [7, 11) is 0. The average Bonchev–Trinajstić information content (AvgIpc) is 2.92. The number of nitrogens with one attached hydrogen (secondary N) is 3. The first kappa shape index (κ1) is 16.8. The number of carbonyl (C=O) groups is 2. The molecule has 2 heterocycles. The first-order chi connectivity index (χ1) is 11.5. The summed E-state index contributed by atoms with van der Waals surface area (Å²) in [5.41, 5.74) is 4.23. The molecule has 0 fully saturated rings. The fourth-order valence-electron chi connectivity index (χ4n) is 1.98. The van der Waals surface area contributed by atoms with Crippen LogP contribution in [0.1, 0.15) is 20.2 Å². The van der Waals surface area contributed by atoms with Gasteiger partial charge in [-0.1, -0.05) is 18.2 Å². The minimum atomic E-state index is -0.634. The molecule has 0 aliphatic carbocycles. The lowest BCUT2D eigenvalue weighted by molar-refractivity contribution is 0.0846. The van der Waals surface area contributed by atoms with Gasteiger partial charge in [-0.2, -0.15) is 5.10 Å². The van der Waals surface area contributed by atoms with Gasteiger partial charge >= 0.3 is 0 Å². The van der Waals surface area contributed by atoms with E-state index in [9.17, 15) is 14.4 Å². The van der Waals surface area contributed by atoms with Crippen LogP contribution in [0.5, 0.6) is 0 Å². The predicted molar refractivity (Wildman–Crippen MR) is 97.0 cm³/mol. The Morgan fingerprint density at radius 3 is 2.42 bits per heavy atom. The Labute approximate surface area is 155 Å². The van der Waals surface area contributed by atoms with Crippen molar-refractivity contribution in [2.75, 3.05) is 0 Å². The van der Waals surface area contributed by atoms with Gasteiger partial charge in [0.25, 0.3) is 17.4 Å². The van der Waals surface area contributed by atoms with E-state index >= 15 is 0 Å². The van der Waals surface area contributed by atoms with Gasteiger partial charge in [-0.15, -0.1) is 11.3 Å². The predicted octanol–water partition coefficient (Wildman–Crippen LogP) is 2.58. The van der Waals surface area contributed by atoms with E-state index in [-0.39, 0.29) is 11.3 Å². The van der Waals surface area contributed by atoms with E-state index in [4.69, 9.17) is 0 Å². The summed E-state index contributed by atoms with van der Waals surface area (Å²) in [5, 5.41) is 6.77. The summed E-state index contributed by atoms with van der Waals surface area (Å²) in [4.78, 5) is 36.4. The first-order valence-corrected chi connectivity index (χ1v) is 8.90. The van der Waals surface area contributed by atoms with Crippen molar-refractivity contribution in [3.05, 3.63) is 59.5 Å². The number of halogens is 2. The number of carbonyl (C=O) groups excluding carboxylic acids is 2. The lowest BCUT2D eigenvalue weighted by Gasteiger charge is -2.07. The smallest absolute Gasteiger partial charge is 0.267 e. The number of thiophene rings is 1. The maximum atomic E-state index is 12.3. The number of rotatable bonds is 2. The number of aromatic amines is 1. The number of hydrazine groups is 1. The molecule has 24 heavy (non-hydrogen) atoms. The molecule has 1 aromatic carbocycles. The lowest BCUT2D eigenvalue weighted by atomic mass is 10.1. The van der Waals surface area contributed by atoms with Crippen LogP contribution in [0.4, 0.5) is 0 Å². The molecule has 3 N–H and O–H groups in total. The van der Waals surface area contributed by atoms with E-state index in [0.29, 0.717) is 15.6 Å². The maximum Gasteiger partial charge on any atom is 0.290 e. The molecule has 0 spiro atoms. The second-order valence-corrected chi connectivity index (χ2v) is 7.81. The van der Waals surface area contributed by atoms with Crippen molar-refractivity contribution < 1.29 is 9.59 Å². The van der Waals surface area contributed by atoms with Gasteiger partial charge in [0.1, 0.15) is 0 Å². The second kappa shape index (κ2) is 6.83. The van der Waals surface area contributed by atoms with Crippen LogP contribution in [-0.2, 0) is 0 Å². The van der Waals surface area contributed by atoms with Crippen LogP contribution >= 0.6 is 43.2 Å². The SMILES string of the molecule is O=C(NNC(=O)c1n[nH]c(=O)c2ccccc12)c1cc(Br)c(Br)s1. The molecule has 3 rings (SSSR count). The van der Waals surface area contributed by atoms with Gasteiger partial charge in [0.05, 0.1) is 14.0 Å². The Balaban J connectivity index is 1.80. The third kappa shape index (κ3) is 3.25. The van der Waals surface area contributed by atoms with Crippen molar-refractivity contribution in [2.45, 2.75) is 0 Å². The van der Waals surface area contributed by atoms with E-state index in [0.717, 1.165) is 8.26 Å². The molecule has 0 saturated heterocycles. The number of nitrogens with zero attached hydrogens (tertiary/aromatic N) is 1. The third-order valence-electron chi connectivity index (χ3n) is 3.07. The lowest BCUT2D eigenvalue weighted by Crippen LogP contribution is -2.42. The van der Waals surface area contributed by atoms with Crippen molar-refractivity contribution in [3.63, 3.8) is 0 Å². The summed E-state index contributed by atoms with van der Waals surface area (Å²) in [6.45, 7) is 0. The van der Waals surface area contributed by atoms with Crippen LogP contribution in [0.3, 0.4) is 0 Å². The summed E-state index contributed by atoms with van der Waals surface area (Å²) < 4.78 is 1.52. The van der Waals surface area contributed by atoms with Gasteiger partial charge in [-0.3, -0.25) is 25.2 Å². The molecule has 2 amide bonds. The van der Waals surface area contributed by atoms with E-state index in [2.05, 4.69) is 52.9 Å². The van der Waals surface area contributed by atoms with Gasteiger partial charge in [0, 0.05) is 9.86 Å². The van der Waals surface area contributed by atoms with Gasteiger partial charge in [-0.05, 0) is 44.0 Å². The molecular weight excluding hydrogens is 464 g/mol. The molecule has 7 nitrogen and oxygen atoms in total. The highest BCUT2D eigenvalue weighted by atomic mass is 79.9. The molecule has 0 aliphatic heterocycles. The Morgan fingerprint density at radius 2 is 1.75 bits per heavy atom. The Kier molecular flexibility index (Phi) is 4.78. The van der Waals surface area contributed by atoms with E-state index in [1.165, 1.54) is 11.3 Å². The van der Waals surface area contributed by atoms with E-state index < -0.39 is 11.8 Å². The number of H-pyrrole nitrogens is 1. The van der Waals surface area contributed by atoms with Gasteiger partial charge in [0.2, 0.25) is 0 Å². The Hall–Kier alpha value is -2.04. The molecule has 122 valence electrons. The van der Waals surface area contributed by atoms with Crippen molar-refractivity contribution in [1.29, 1.82) is 0 Å². The summed E-state index contributed by atoms with van der Waals surface area (Å²) in [6.07, 6.45) is 0. The van der Waals surface area contributed by atoms with Crippen LogP contribution < -0.4 is 16.4 Å². The number of hydrogen-bond acceptors (Lipinski definition) is 5. The molecule has 3 aromatic rings. The molecule has 10 heteroatoms.